The molecule has 12 aromatic rings. The number of fused-ring (bicyclic) bond motifs is 12. The van der Waals surface area contributed by atoms with E-state index in [4.69, 9.17) is 0 Å². The molecule has 0 saturated carbocycles. The smallest absolute Gasteiger partial charge is 0.0725 e. The minimum Gasteiger partial charge on any atom is -0.309 e. The molecule has 63 heavy (non-hydrogen) atoms. The van der Waals surface area contributed by atoms with E-state index >= 15 is 0 Å². The fourth-order valence-electron chi connectivity index (χ4n) is 11.6. The minimum atomic E-state index is -0.583. The second-order valence-electron chi connectivity index (χ2n) is 17.1. The maximum absolute atomic E-state index is 2.53. The summed E-state index contributed by atoms with van der Waals surface area (Å²) >= 11 is 1.87. The first-order valence-electron chi connectivity index (χ1n) is 21.8. The predicted octanol–water partition coefficient (Wildman–Crippen LogP) is 17.0. The highest BCUT2D eigenvalue weighted by molar-refractivity contribution is 7.25. The van der Waals surface area contributed by atoms with Gasteiger partial charge < -0.3 is 4.90 Å². The molecule has 0 fully saturated rings. The van der Waals surface area contributed by atoms with Gasteiger partial charge in [0.05, 0.1) is 16.8 Å². The monoisotopic (exact) mass is 815 g/mol. The van der Waals surface area contributed by atoms with Crippen LogP contribution in [0.4, 0.5) is 17.1 Å². The molecule has 11 aromatic carbocycles. The van der Waals surface area contributed by atoms with Crippen LogP contribution in [-0.4, -0.2) is 0 Å². The summed E-state index contributed by atoms with van der Waals surface area (Å²) < 4.78 is 2.60. The normalized spacial score (nSPS) is 14.7. The van der Waals surface area contributed by atoms with Crippen molar-refractivity contribution in [2.45, 2.75) is 5.41 Å². The minimum absolute atomic E-state index is 0.583. The van der Waals surface area contributed by atoms with Crippen molar-refractivity contribution < 1.29 is 0 Å². The summed E-state index contributed by atoms with van der Waals surface area (Å²) in [6, 6.07) is 84.4. The molecule has 1 unspecified atom stereocenters. The van der Waals surface area contributed by atoms with Crippen LogP contribution in [-0.2, 0) is 5.41 Å². The Balaban J connectivity index is 1.11. The summed E-state index contributed by atoms with van der Waals surface area (Å²) in [6.45, 7) is 0. The molecule has 2 heteroatoms. The number of benzene rings is 11. The van der Waals surface area contributed by atoms with Gasteiger partial charge >= 0.3 is 0 Å². The third-order valence-electron chi connectivity index (χ3n) is 14.1. The van der Waals surface area contributed by atoms with E-state index in [0.717, 1.165) is 17.1 Å². The first kappa shape index (κ1) is 34.9. The van der Waals surface area contributed by atoms with Crippen LogP contribution in [0.1, 0.15) is 22.3 Å². The Labute approximate surface area is 369 Å². The fourth-order valence-corrected chi connectivity index (χ4v) is 12.7. The van der Waals surface area contributed by atoms with E-state index in [-0.39, 0.29) is 0 Å². The van der Waals surface area contributed by atoms with Crippen molar-refractivity contribution in [3.05, 3.63) is 247 Å². The highest BCUT2D eigenvalue weighted by atomic mass is 32.1. The highest BCUT2D eigenvalue weighted by Gasteiger charge is 2.48. The molecule has 1 aromatic heterocycles. The molecule has 1 nitrogen and oxygen atoms in total. The van der Waals surface area contributed by atoms with E-state index in [0.29, 0.717) is 0 Å². The van der Waals surface area contributed by atoms with Crippen LogP contribution in [0.5, 0.6) is 0 Å². The average molecular weight is 816 g/mol. The van der Waals surface area contributed by atoms with Gasteiger partial charge in [-0.2, -0.15) is 0 Å². The summed E-state index contributed by atoms with van der Waals surface area (Å²) in [5.41, 5.74) is 15.8. The zero-order chi connectivity index (χ0) is 41.2. The van der Waals surface area contributed by atoms with Gasteiger partial charge in [-0.15, -0.1) is 11.3 Å². The van der Waals surface area contributed by atoms with E-state index < -0.39 is 5.41 Å². The molecule has 14 rings (SSSR count). The summed E-state index contributed by atoms with van der Waals surface area (Å²) in [7, 11) is 0. The maximum atomic E-state index is 2.53. The second kappa shape index (κ2) is 13.1. The molecule has 0 amide bonds. The average Bonchev–Trinajstić information content (AvgIpc) is 3.73. The van der Waals surface area contributed by atoms with E-state index in [9.17, 15) is 0 Å². The molecule has 1 spiro atoms. The molecular weight excluding hydrogens is 779 g/mol. The second-order valence-corrected chi connectivity index (χ2v) is 18.2. The van der Waals surface area contributed by atoms with Crippen molar-refractivity contribution in [3.8, 4) is 33.4 Å². The van der Waals surface area contributed by atoms with Crippen molar-refractivity contribution in [1.29, 1.82) is 0 Å². The van der Waals surface area contributed by atoms with Crippen molar-refractivity contribution in [2.75, 3.05) is 4.90 Å². The molecule has 0 bridgehead atoms. The van der Waals surface area contributed by atoms with Gasteiger partial charge in [-0.25, -0.2) is 0 Å². The predicted molar refractivity (Wildman–Crippen MR) is 268 cm³/mol. The van der Waals surface area contributed by atoms with Crippen LogP contribution >= 0.6 is 11.3 Å². The quantitative estimate of drug-likeness (QED) is 0.171. The van der Waals surface area contributed by atoms with Crippen LogP contribution in [0.3, 0.4) is 0 Å². The van der Waals surface area contributed by atoms with Gasteiger partial charge in [0.2, 0.25) is 0 Å². The third kappa shape index (κ3) is 4.71. The third-order valence-corrected chi connectivity index (χ3v) is 15.2. The number of rotatable bonds is 4. The summed E-state index contributed by atoms with van der Waals surface area (Å²) in [4.78, 5) is 2.53. The topological polar surface area (TPSA) is 3.24 Å². The fraction of sp³-hybridized carbons (Fsp3) is 0.0164. The summed E-state index contributed by atoms with van der Waals surface area (Å²) in [6.07, 6.45) is 0. The molecule has 0 aliphatic heterocycles. The van der Waals surface area contributed by atoms with Crippen LogP contribution in [0.15, 0.2) is 224 Å². The summed E-state index contributed by atoms with van der Waals surface area (Å²) in [5.74, 6) is 0. The Morgan fingerprint density at radius 1 is 0.317 bits per heavy atom. The lowest BCUT2D eigenvalue weighted by Crippen LogP contribution is -2.36. The summed E-state index contributed by atoms with van der Waals surface area (Å²) in [5, 5.41) is 10.2. The Bertz CT molecular complexity index is 3870. The van der Waals surface area contributed by atoms with Gasteiger partial charge in [-0.3, -0.25) is 0 Å². The van der Waals surface area contributed by atoms with Gasteiger partial charge in [-0.05, 0) is 108 Å². The zero-order valence-corrected chi connectivity index (χ0v) is 35.0. The standard InChI is InChI=1S/C61H37NS/c1-2-15-38(16-3-1)41-33-34-48-43-20-6-9-25-51(43)61(53-27-13-23-47(41)59(48)53)52-26-10-7-21-44(52)49-35-36-56(50-24-14-28-54(61)60(49)50)62(55-29-12-18-39-17-4-5-19-42(39)55)40-31-32-46-45-22-8-11-30-57(45)63-58(46)37-40/h1-37H. The van der Waals surface area contributed by atoms with Crippen LogP contribution in [0.25, 0.3) is 85.9 Å². The van der Waals surface area contributed by atoms with Crippen LogP contribution in [0, 0.1) is 0 Å². The molecule has 0 saturated heterocycles. The Hall–Kier alpha value is -7.78. The zero-order valence-electron chi connectivity index (χ0n) is 34.2. The Morgan fingerprint density at radius 3 is 1.65 bits per heavy atom. The highest BCUT2D eigenvalue weighted by Crippen LogP contribution is 2.62. The molecule has 0 N–H and O–H groups in total. The van der Waals surface area contributed by atoms with E-state index in [1.165, 1.54) is 108 Å². The largest absolute Gasteiger partial charge is 0.309 e. The van der Waals surface area contributed by atoms with E-state index in [2.05, 4.69) is 229 Å². The van der Waals surface area contributed by atoms with Gasteiger partial charge in [-0.1, -0.05) is 194 Å². The molecule has 2 aliphatic carbocycles. The lowest BCUT2D eigenvalue weighted by Gasteiger charge is -2.46. The van der Waals surface area contributed by atoms with Gasteiger partial charge in [0.15, 0.2) is 0 Å². The molecule has 1 atom stereocenters. The lowest BCUT2D eigenvalue weighted by atomic mass is 9.55. The number of hydrogen-bond acceptors (Lipinski definition) is 2. The maximum Gasteiger partial charge on any atom is 0.0725 e. The van der Waals surface area contributed by atoms with Gasteiger partial charge in [0.25, 0.3) is 0 Å². The number of anilines is 3. The van der Waals surface area contributed by atoms with Crippen molar-refractivity contribution >= 4 is 80.9 Å². The molecule has 0 radical (unpaired) electrons. The lowest BCUT2D eigenvalue weighted by molar-refractivity contribution is 0.754. The van der Waals surface area contributed by atoms with E-state index in [1.807, 2.05) is 11.3 Å². The first-order valence-corrected chi connectivity index (χ1v) is 22.7. The first-order chi connectivity index (χ1) is 31.3. The van der Waals surface area contributed by atoms with Crippen molar-refractivity contribution in [2.24, 2.45) is 0 Å². The van der Waals surface area contributed by atoms with Crippen LogP contribution in [0.2, 0.25) is 0 Å². The van der Waals surface area contributed by atoms with Gasteiger partial charge in [0, 0.05) is 36.6 Å². The van der Waals surface area contributed by atoms with Crippen LogP contribution < -0.4 is 4.90 Å². The Kier molecular flexibility index (Phi) is 7.26. The van der Waals surface area contributed by atoms with Gasteiger partial charge in [0.1, 0.15) is 0 Å². The molecular formula is C61H37NS. The number of nitrogens with zero attached hydrogens (tertiary/aromatic N) is 1. The Morgan fingerprint density at radius 2 is 0.857 bits per heavy atom. The number of thiophene rings is 1. The van der Waals surface area contributed by atoms with Crippen molar-refractivity contribution in [1.82, 2.24) is 0 Å². The SMILES string of the molecule is c1ccc(-c2ccc3c4c(cccc24)C2(c4ccccc4-3)c3ccccc3-c3ccc(N(c4ccc5c(c4)sc4ccccc45)c4cccc5ccccc45)c4cccc2c34)cc1. The van der Waals surface area contributed by atoms with Crippen molar-refractivity contribution in [3.63, 3.8) is 0 Å². The molecule has 292 valence electrons. The molecule has 2 aliphatic rings. The number of hydrogen-bond donors (Lipinski definition) is 0. The molecule has 1 heterocycles. The van der Waals surface area contributed by atoms with E-state index in [1.54, 1.807) is 0 Å².